The Labute approximate surface area is 207 Å². The molecule has 0 radical (unpaired) electrons. The Morgan fingerprint density at radius 3 is 2.41 bits per heavy atom. The van der Waals surface area contributed by atoms with Gasteiger partial charge in [-0.15, -0.1) is 24.8 Å². The van der Waals surface area contributed by atoms with Crippen molar-refractivity contribution in [3.8, 4) is 11.5 Å². The molecular formula is C24H30Cl3N3O2. The molecule has 8 heteroatoms. The van der Waals surface area contributed by atoms with E-state index in [1.54, 1.807) is 14.2 Å². The molecule has 0 spiro atoms. The first kappa shape index (κ1) is 26.3. The van der Waals surface area contributed by atoms with Crippen LogP contribution in [-0.4, -0.2) is 31.3 Å². The van der Waals surface area contributed by atoms with Gasteiger partial charge >= 0.3 is 0 Å². The average Bonchev–Trinajstić information content (AvgIpc) is 2.78. The van der Waals surface area contributed by atoms with Gasteiger partial charge in [-0.1, -0.05) is 17.7 Å². The van der Waals surface area contributed by atoms with Gasteiger partial charge in [-0.3, -0.25) is 4.98 Å². The molecule has 2 N–H and O–H groups in total. The molecule has 0 amide bonds. The van der Waals surface area contributed by atoms with Gasteiger partial charge in [0.05, 0.1) is 19.7 Å². The molecule has 1 aliphatic carbocycles. The maximum Gasteiger partial charge on any atom is 0.127 e. The molecular weight excluding hydrogens is 469 g/mol. The maximum atomic E-state index is 6.11. The molecule has 1 aliphatic rings. The SMILES string of the molecule is COc1ccc(CN[C@H]2CC[C@H](Nc3ccnc4cc(Cl)ccc34)CC2)c(OC)c1.Cl.Cl. The molecule has 1 aromatic heterocycles. The normalized spacial score (nSPS) is 17.7. The summed E-state index contributed by atoms with van der Waals surface area (Å²) in [4.78, 5) is 4.43. The van der Waals surface area contributed by atoms with Crippen LogP contribution < -0.4 is 20.1 Å². The van der Waals surface area contributed by atoms with Crippen LogP contribution >= 0.6 is 36.4 Å². The van der Waals surface area contributed by atoms with Gasteiger partial charge in [0.25, 0.3) is 0 Å². The summed E-state index contributed by atoms with van der Waals surface area (Å²) in [5, 5.41) is 9.26. The number of aromatic nitrogens is 1. The van der Waals surface area contributed by atoms with Crippen molar-refractivity contribution in [1.29, 1.82) is 0 Å². The van der Waals surface area contributed by atoms with Crippen molar-refractivity contribution >= 4 is 53.0 Å². The third kappa shape index (κ3) is 6.32. The Morgan fingerprint density at radius 2 is 1.69 bits per heavy atom. The zero-order valence-electron chi connectivity index (χ0n) is 18.3. The Balaban J connectivity index is 0.00000181. The number of halogens is 3. The van der Waals surface area contributed by atoms with Gasteiger partial charge in [0.2, 0.25) is 0 Å². The third-order valence-corrected chi connectivity index (χ3v) is 6.10. The standard InChI is InChI=1S/C24H28ClN3O2.2ClH/c1-29-20-9-3-16(24(14-20)30-2)15-27-18-5-7-19(8-6-18)28-22-11-12-26-23-13-17(25)4-10-21(22)23;;/h3-4,9-14,18-19,27H,5-8,15H2,1-2H3,(H,26,28);2*1H/t18-,19-;;. The lowest BCUT2D eigenvalue weighted by Crippen LogP contribution is -2.36. The molecule has 2 aromatic carbocycles. The maximum absolute atomic E-state index is 6.11. The highest BCUT2D eigenvalue weighted by Gasteiger charge is 2.21. The van der Waals surface area contributed by atoms with Gasteiger partial charge in [0.1, 0.15) is 11.5 Å². The lowest BCUT2D eigenvalue weighted by molar-refractivity contribution is 0.348. The van der Waals surface area contributed by atoms with Gasteiger partial charge in [0.15, 0.2) is 0 Å². The minimum absolute atomic E-state index is 0. The van der Waals surface area contributed by atoms with E-state index in [1.807, 2.05) is 36.5 Å². The van der Waals surface area contributed by atoms with Gasteiger partial charge in [-0.25, -0.2) is 0 Å². The van der Waals surface area contributed by atoms with Crippen LogP contribution in [0, 0.1) is 0 Å². The van der Waals surface area contributed by atoms with Crippen LogP contribution in [0.25, 0.3) is 10.9 Å². The van der Waals surface area contributed by atoms with Crippen molar-refractivity contribution in [2.45, 2.75) is 44.3 Å². The molecule has 4 rings (SSSR count). The van der Waals surface area contributed by atoms with E-state index < -0.39 is 0 Å². The molecule has 1 saturated carbocycles. The van der Waals surface area contributed by atoms with Crippen LogP contribution in [0.4, 0.5) is 5.69 Å². The van der Waals surface area contributed by atoms with Crippen LogP contribution in [-0.2, 0) is 6.54 Å². The number of hydrogen-bond acceptors (Lipinski definition) is 5. The Kier molecular flexibility index (Phi) is 10.2. The minimum Gasteiger partial charge on any atom is -0.497 e. The molecule has 0 aliphatic heterocycles. The van der Waals surface area contributed by atoms with Crippen molar-refractivity contribution in [2.75, 3.05) is 19.5 Å². The summed E-state index contributed by atoms with van der Waals surface area (Å²) in [5.74, 6) is 1.68. The van der Waals surface area contributed by atoms with Gasteiger partial charge in [-0.05, 0) is 56.0 Å². The van der Waals surface area contributed by atoms with Gasteiger partial charge in [-0.2, -0.15) is 0 Å². The molecule has 0 unspecified atom stereocenters. The van der Waals surface area contributed by atoms with Crippen LogP contribution in [0.15, 0.2) is 48.7 Å². The topological polar surface area (TPSA) is 55.4 Å². The van der Waals surface area contributed by atoms with Gasteiger partial charge in [0, 0.05) is 52.6 Å². The Hall–Kier alpha value is -1.92. The van der Waals surface area contributed by atoms with E-state index in [9.17, 15) is 0 Å². The summed E-state index contributed by atoms with van der Waals surface area (Å²) in [6.07, 6.45) is 6.40. The van der Waals surface area contributed by atoms with E-state index in [1.165, 1.54) is 0 Å². The van der Waals surface area contributed by atoms with E-state index in [4.69, 9.17) is 21.1 Å². The monoisotopic (exact) mass is 497 g/mol. The Bertz CT molecular complexity index is 1010. The second kappa shape index (κ2) is 12.4. The van der Waals surface area contributed by atoms with E-state index in [0.717, 1.165) is 65.9 Å². The van der Waals surface area contributed by atoms with Crippen molar-refractivity contribution in [3.05, 3.63) is 59.2 Å². The summed E-state index contributed by atoms with van der Waals surface area (Å²) in [6, 6.07) is 14.9. The number of pyridine rings is 1. The van der Waals surface area contributed by atoms with E-state index in [-0.39, 0.29) is 24.8 Å². The first-order valence-corrected chi connectivity index (χ1v) is 10.8. The number of nitrogens with zero attached hydrogens (tertiary/aromatic N) is 1. The number of anilines is 1. The second-order valence-electron chi connectivity index (χ2n) is 7.77. The van der Waals surface area contributed by atoms with Crippen LogP contribution in [0.1, 0.15) is 31.2 Å². The zero-order chi connectivity index (χ0) is 20.9. The molecule has 174 valence electrons. The number of nitrogens with one attached hydrogen (secondary N) is 2. The smallest absolute Gasteiger partial charge is 0.127 e. The molecule has 5 nitrogen and oxygen atoms in total. The van der Waals surface area contributed by atoms with Crippen molar-refractivity contribution in [3.63, 3.8) is 0 Å². The fraction of sp³-hybridized carbons (Fsp3) is 0.375. The van der Waals surface area contributed by atoms with Crippen LogP contribution in [0.3, 0.4) is 0 Å². The number of fused-ring (bicyclic) bond motifs is 1. The second-order valence-corrected chi connectivity index (χ2v) is 8.21. The highest BCUT2D eigenvalue weighted by molar-refractivity contribution is 6.31. The van der Waals surface area contributed by atoms with Crippen molar-refractivity contribution < 1.29 is 9.47 Å². The first-order chi connectivity index (χ1) is 14.7. The number of benzene rings is 2. The summed E-state index contributed by atoms with van der Waals surface area (Å²) in [6.45, 7) is 0.797. The fourth-order valence-corrected chi connectivity index (χ4v) is 4.33. The minimum atomic E-state index is 0. The highest BCUT2D eigenvalue weighted by atomic mass is 35.5. The molecule has 0 atom stereocenters. The number of hydrogen-bond donors (Lipinski definition) is 2. The summed E-state index contributed by atoms with van der Waals surface area (Å²) >= 11 is 6.11. The number of rotatable bonds is 7. The Morgan fingerprint density at radius 1 is 0.938 bits per heavy atom. The molecule has 0 bridgehead atoms. The van der Waals surface area contributed by atoms with E-state index >= 15 is 0 Å². The number of ether oxygens (including phenoxy) is 2. The van der Waals surface area contributed by atoms with E-state index in [2.05, 4.69) is 27.8 Å². The molecule has 1 heterocycles. The van der Waals surface area contributed by atoms with Gasteiger partial charge < -0.3 is 20.1 Å². The van der Waals surface area contributed by atoms with Crippen molar-refractivity contribution in [1.82, 2.24) is 10.3 Å². The fourth-order valence-electron chi connectivity index (χ4n) is 4.16. The largest absolute Gasteiger partial charge is 0.497 e. The lowest BCUT2D eigenvalue weighted by Gasteiger charge is -2.31. The van der Waals surface area contributed by atoms with Crippen LogP contribution in [0.5, 0.6) is 11.5 Å². The van der Waals surface area contributed by atoms with Crippen LogP contribution in [0.2, 0.25) is 5.02 Å². The van der Waals surface area contributed by atoms with E-state index in [0.29, 0.717) is 17.1 Å². The summed E-state index contributed by atoms with van der Waals surface area (Å²) in [7, 11) is 3.37. The highest BCUT2D eigenvalue weighted by Crippen LogP contribution is 2.29. The third-order valence-electron chi connectivity index (χ3n) is 5.87. The summed E-state index contributed by atoms with van der Waals surface area (Å²) < 4.78 is 10.8. The molecule has 3 aromatic rings. The molecule has 32 heavy (non-hydrogen) atoms. The van der Waals surface area contributed by atoms with Crippen molar-refractivity contribution in [2.24, 2.45) is 0 Å². The average molecular weight is 499 g/mol. The molecule has 0 saturated heterocycles. The lowest BCUT2D eigenvalue weighted by atomic mass is 9.90. The first-order valence-electron chi connectivity index (χ1n) is 10.4. The number of methoxy groups -OCH3 is 2. The summed E-state index contributed by atoms with van der Waals surface area (Å²) in [5.41, 5.74) is 3.22. The zero-order valence-corrected chi connectivity index (χ0v) is 20.7. The molecule has 1 fully saturated rings. The quantitative estimate of drug-likeness (QED) is 0.402. The predicted octanol–water partition coefficient (Wildman–Crippen LogP) is 6.26. The predicted molar refractivity (Wildman–Crippen MR) is 137 cm³/mol.